The van der Waals surface area contributed by atoms with E-state index in [-0.39, 0.29) is 0 Å². The fourth-order valence-corrected chi connectivity index (χ4v) is 2.66. The highest BCUT2D eigenvalue weighted by atomic mass is 15.3. The smallest absolute Gasteiger partial charge is 0.191 e. The van der Waals surface area contributed by atoms with Crippen molar-refractivity contribution in [2.24, 2.45) is 12.0 Å². The Hall–Kier alpha value is -2.31. The van der Waals surface area contributed by atoms with Crippen molar-refractivity contribution in [3.63, 3.8) is 0 Å². The van der Waals surface area contributed by atoms with Crippen molar-refractivity contribution in [3.05, 3.63) is 34.4 Å². The largest absolute Gasteiger partial charge is 0.357 e. The quantitative estimate of drug-likeness (QED) is 0.410. The lowest BCUT2D eigenvalue weighted by Gasteiger charge is -2.11. The third-order valence-corrected chi connectivity index (χ3v) is 4.25. The molecule has 2 rings (SSSR count). The maximum Gasteiger partial charge on any atom is 0.191 e. The van der Waals surface area contributed by atoms with Crippen molar-refractivity contribution in [2.75, 3.05) is 13.1 Å². The van der Waals surface area contributed by atoms with Crippen LogP contribution in [0.1, 0.15) is 41.6 Å². The van der Waals surface area contributed by atoms with Gasteiger partial charge in [0.05, 0.1) is 18.4 Å². The zero-order chi connectivity index (χ0) is 17.5. The minimum atomic E-state index is 0.641. The van der Waals surface area contributed by atoms with E-state index in [0.29, 0.717) is 6.54 Å². The van der Waals surface area contributed by atoms with Crippen LogP contribution in [-0.4, -0.2) is 39.0 Å². The average Bonchev–Trinajstić information content (AvgIpc) is 3.05. The first-order chi connectivity index (χ1) is 11.5. The molecule has 0 aliphatic rings. The number of aromatic amines is 1. The number of nitrogens with zero attached hydrogens (tertiary/aromatic N) is 4. The van der Waals surface area contributed by atoms with E-state index in [2.05, 4.69) is 46.7 Å². The van der Waals surface area contributed by atoms with Crippen LogP contribution in [0.3, 0.4) is 0 Å². The van der Waals surface area contributed by atoms with E-state index in [4.69, 9.17) is 4.99 Å². The maximum absolute atomic E-state index is 4.69. The van der Waals surface area contributed by atoms with Gasteiger partial charge >= 0.3 is 0 Å². The highest BCUT2D eigenvalue weighted by Crippen LogP contribution is 2.12. The van der Waals surface area contributed by atoms with Crippen molar-refractivity contribution in [1.82, 2.24) is 30.6 Å². The molecule has 2 aromatic heterocycles. The van der Waals surface area contributed by atoms with Gasteiger partial charge in [-0.3, -0.25) is 9.78 Å². The predicted octanol–water partition coefficient (Wildman–Crippen LogP) is 1.76. The molecule has 0 spiro atoms. The van der Waals surface area contributed by atoms with E-state index >= 15 is 0 Å². The van der Waals surface area contributed by atoms with E-state index < -0.39 is 0 Å². The molecule has 0 radical (unpaired) electrons. The number of hydrogen-bond acceptors (Lipinski definition) is 3. The van der Waals surface area contributed by atoms with E-state index in [9.17, 15) is 0 Å². The fraction of sp³-hybridized carbons (Fsp3) is 0.588. The monoisotopic (exact) mass is 331 g/mol. The molecule has 0 fully saturated rings. The third kappa shape index (κ3) is 4.59. The van der Waals surface area contributed by atoms with Crippen LogP contribution >= 0.6 is 0 Å². The van der Waals surface area contributed by atoms with Crippen LogP contribution in [0, 0.1) is 20.8 Å². The first-order valence-electron chi connectivity index (χ1n) is 8.53. The Labute approximate surface area is 144 Å². The van der Waals surface area contributed by atoms with Crippen LogP contribution in [0.5, 0.6) is 0 Å². The van der Waals surface area contributed by atoms with Crippen molar-refractivity contribution in [2.45, 2.75) is 47.1 Å². The number of nitrogens with one attached hydrogen (secondary N) is 3. The fourth-order valence-electron chi connectivity index (χ4n) is 2.66. The summed E-state index contributed by atoms with van der Waals surface area (Å²) in [6.45, 7) is 10.6. The van der Waals surface area contributed by atoms with Gasteiger partial charge in [0.1, 0.15) is 0 Å². The summed E-state index contributed by atoms with van der Waals surface area (Å²) in [4.78, 5) is 4.69. The number of aromatic nitrogens is 4. The minimum Gasteiger partial charge on any atom is -0.357 e. The van der Waals surface area contributed by atoms with Crippen LogP contribution in [0.25, 0.3) is 0 Å². The van der Waals surface area contributed by atoms with Gasteiger partial charge in [0, 0.05) is 37.1 Å². The van der Waals surface area contributed by atoms with Crippen molar-refractivity contribution < 1.29 is 0 Å². The van der Waals surface area contributed by atoms with Gasteiger partial charge in [0.15, 0.2) is 5.96 Å². The molecule has 0 saturated carbocycles. The Kier molecular flexibility index (Phi) is 6.40. The lowest BCUT2D eigenvalue weighted by Crippen LogP contribution is -2.37. The van der Waals surface area contributed by atoms with Crippen LogP contribution < -0.4 is 10.6 Å². The van der Waals surface area contributed by atoms with Crippen LogP contribution in [0.15, 0.2) is 11.2 Å². The molecule has 24 heavy (non-hydrogen) atoms. The third-order valence-electron chi connectivity index (χ3n) is 4.25. The molecule has 7 heteroatoms. The summed E-state index contributed by atoms with van der Waals surface area (Å²) < 4.78 is 1.91. The van der Waals surface area contributed by atoms with Crippen LogP contribution in [0.2, 0.25) is 0 Å². The maximum atomic E-state index is 4.69. The van der Waals surface area contributed by atoms with Crippen molar-refractivity contribution in [3.8, 4) is 0 Å². The number of rotatable bonds is 7. The Bertz CT molecular complexity index is 681. The standard InChI is InChI=1S/C17H29N7/c1-6-18-17(19-9-7-8-15-10-21-22-12(15)2)20-11-16-13(3)23-24(5)14(16)4/h10H,6-9,11H2,1-5H3,(H,21,22)(H2,18,19,20). The second kappa shape index (κ2) is 8.52. The number of hydrogen-bond donors (Lipinski definition) is 3. The highest BCUT2D eigenvalue weighted by Gasteiger charge is 2.09. The van der Waals surface area contributed by atoms with Gasteiger partial charge < -0.3 is 10.6 Å². The molecule has 3 N–H and O–H groups in total. The number of guanidine groups is 1. The number of aryl methyl sites for hydroxylation is 4. The predicted molar refractivity (Wildman–Crippen MR) is 97.1 cm³/mol. The molecule has 132 valence electrons. The molecular formula is C17H29N7. The number of aliphatic imine (C=N–C) groups is 1. The van der Waals surface area contributed by atoms with Gasteiger partial charge in [-0.05, 0) is 46.1 Å². The minimum absolute atomic E-state index is 0.641. The summed E-state index contributed by atoms with van der Waals surface area (Å²) >= 11 is 0. The van der Waals surface area contributed by atoms with Crippen molar-refractivity contribution in [1.29, 1.82) is 0 Å². The van der Waals surface area contributed by atoms with E-state index in [1.807, 2.05) is 24.9 Å². The molecule has 0 atom stereocenters. The molecule has 0 unspecified atom stereocenters. The molecular weight excluding hydrogens is 302 g/mol. The van der Waals surface area contributed by atoms with Gasteiger partial charge in [-0.25, -0.2) is 4.99 Å². The van der Waals surface area contributed by atoms with Gasteiger partial charge in [0.25, 0.3) is 0 Å². The molecule has 0 aliphatic heterocycles. The molecule has 2 heterocycles. The van der Waals surface area contributed by atoms with E-state index in [0.717, 1.165) is 43.3 Å². The Morgan fingerprint density at radius 3 is 2.67 bits per heavy atom. The normalized spacial score (nSPS) is 11.8. The SMILES string of the molecule is CCNC(=NCc1c(C)nn(C)c1C)NCCCc1cn[nH]c1C. The first kappa shape index (κ1) is 18.0. The molecule has 0 aromatic carbocycles. The molecule has 0 amide bonds. The first-order valence-corrected chi connectivity index (χ1v) is 8.53. The zero-order valence-corrected chi connectivity index (χ0v) is 15.4. The van der Waals surface area contributed by atoms with Gasteiger partial charge in [-0.1, -0.05) is 0 Å². The topological polar surface area (TPSA) is 82.9 Å². The average molecular weight is 331 g/mol. The molecule has 0 saturated heterocycles. The Morgan fingerprint density at radius 2 is 2.08 bits per heavy atom. The van der Waals surface area contributed by atoms with Gasteiger partial charge in [-0.2, -0.15) is 10.2 Å². The van der Waals surface area contributed by atoms with Crippen LogP contribution in [-0.2, 0) is 20.0 Å². The van der Waals surface area contributed by atoms with E-state index in [1.54, 1.807) is 0 Å². The van der Waals surface area contributed by atoms with Gasteiger partial charge in [0.2, 0.25) is 0 Å². The zero-order valence-electron chi connectivity index (χ0n) is 15.4. The van der Waals surface area contributed by atoms with Gasteiger partial charge in [-0.15, -0.1) is 0 Å². The lowest BCUT2D eigenvalue weighted by atomic mass is 10.1. The molecule has 7 nitrogen and oxygen atoms in total. The summed E-state index contributed by atoms with van der Waals surface area (Å²) in [5, 5.41) is 18.2. The second-order valence-electron chi connectivity index (χ2n) is 6.02. The summed E-state index contributed by atoms with van der Waals surface area (Å²) in [5.74, 6) is 0.851. The summed E-state index contributed by atoms with van der Waals surface area (Å²) in [6, 6.07) is 0. The van der Waals surface area contributed by atoms with E-state index in [1.165, 1.54) is 16.8 Å². The molecule has 0 aliphatic carbocycles. The second-order valence-corrected chi connectivity index (χ2v) is 6.02. The lowest BCUT2D eigenvalue weighted by molar-refractivity contribution is 0.729. The highest BCUT2D eigenvalue weighted by molar-refractivity contribution is 5.79. The summed E-state index contributed by atoms with van der Waals surface area (Å²) in [6.07, 6.45) is 3.95. The summed E-state index contributed by atoms with van der Waals surface area (Å²) in [5.41, 5.74) is 5.84. The van der Waals surface area contributed by atoms with Crippen LogP contribution in [0.4, 0.5) is 0 Å². The number of H-pyrrole nitrogens is 1. The molecule has 2 aromatic rings. The summed E-state index contributed by atoms with van der Waals surface area (Å²) in [7, 11) is 1.97. The molecule has 0 bridgehead atoms. The Balaban J connectivity index is 1.87. The Morgan fingerprint density at radius 1 is 1.29 bits per heavy atom. The van der Waals surface area contributed by atoms with Crippen molar-refractivity contribution >= 4 is 5.96 Å².